The Morgan fingerprint density at radius 2 is 2.50 bits per heavy atom. The van der Waals surface area contributed by atoms with Crippen LogP contribution in [0.5, 0.6) is 0 Å². The molecule has 1 rings (SSSR count). The van der Waals surface area contributed by atoms with Crippen molar-refractivity contribution in [3.05, 3.63) is 23.3 Å². The molecule has 1 radical (unpaired) electrons. The van der Waals surface area contributed by atoms with Gasteiger partial charge >= 0.3 is 0 Å². The minimum atomic E-state index is 1.08. The highest BCUT2D eigenvalue weighted by Gasteiger charge is 1.99. The van der Waals surface area contributed by atoms with E-state index in [1.807, 2.05) is 0 Å². The summed E-state index contributed by atoms with van der Waals surface area (Å²) in [6.07, 6.45) is 5.51. The number of nitrogens with one attached hydrogen (secondary N) is 1. The van der Waals surface area contributed by atoms with Crippen molar-refractivity contribution in [3.8, 4) is 0 Å². The first-order chi connectivity index (χ1) is 4.84. The molecule has 0 spiro atoms. The predicted octanol–water partition coefficient (Wildman–Crippen LogP) is 1.52. The zero-order chi connectivity index (χ0) is 7.40. The van der Waals surface area contributed by atoms with Crippen LogP contribution in [0.2, 0.25) is 6.82 Å². The maximum Gasteiger partial charge on any atom is 0.144 e. The standard InChI is InChI=1S/C8H13BN/c1-7(9-2)8-5-3-4-6-10-8/h3,5,10H,4,6H2,1-2H3. The van der Waals surface area contributed by atoms with Crippen LogP contribution in [-0.4, -0.2) is 13.8 Å². The largest absolute Gasteiger partial charge is 0.385 e. The molecule has 10 heavy (non-hydrogen) atoms. The van der Waals surface area contributed by atoms with E-state index in [9.17, 15) is 0 Å². The lowest BCUT2D eigenvalue weighted by molar-refractivity contribution is 0.792. The molecular weight excluding hydrogens is 121 g/mol. The van der Waals surface area contributed by atoms with E-state index < -0.39 is 0 Å². The molecule has 0 unspecified atom stereocenters. The molecule has 0 bridgehead atoms. The number of rotatable bonds is 1. The van der Waals surface area contributed by atoms with Crippen LogP contribution in [0.3, 0.4) is 0 Å². The molecule has 0 amide bonds. The molecule has 53 valence electrons. The highest BCUT2D eigenvalue weighted by atomic mass is 14.9. The fourth-order valence-corrected chi connectivity index (χ4v) is 0.977. The average Bonchev–Trinajstić information content (AvgIpc) is 2.05. The Hall–Kier alpha value is -0.655. The minimum absolute atomic E-state index is 1.08. The van der Waals surface area contributed by atoms with E-state index in [2.05, 4.69) is 38.5 Å². The highest BCUT2D eigenvalue weighted by Crippen LogP contribution is 2.05. The smallest absolute Gasteiger partial charge is 0.144 e. The van der Waals surface area contributed by atoms with Crippen LogP contribution in [0, 0.1) is 0 Å². The molecule has 1 heterocycles. The van der Waals surface area contributed by atoms with Crippen LogP contribution >= 0.6 is 0 Å². The second-order valence-electron chi connectivity index (χ2n) is 2.50. The third-order valence-electron chi connectivity index (χ3n) is 1.77. The Morgan fingerprint density at radius 1 is 1.70 bits per heavy atom. The lowest BCUT2D eigenvalue weighted by Crippen LogP contribution is -2.18. The van der Waals surface area contributed by atoms with Crippen LogP contribution < -0.4 is 5.32 Å². The van der Waals surface area contributed by atoms with Gasteiger partial charge in [-0.05, 0) is 12.5 Å². The summed E-state index contributed by atoms with van der Waals surface area (Å²) in [5, 5.41) is 3.33. The molecular formula is C8H13BN. The van der Waals surface area contributed by atoms with Gasteiger partial charge in [0, 0.05) is 12.2 Å². The van der Waals surface area contributed by atoms with E-state index in [1.54, 1.807) is 0 Å². The fraction of sp³-hybridized carbons (Fsp3) is 0.500. The Balaban J connectivity index is 2.69. The molecule has 1 aliphatic rings. The van der Waals surface area contributed by atoms with Crippen LogP contribution in [0.4, 0.5) is 0 Å². The molecule has 1 aliphatic heterocycles. The van der Waals surface area contributed by atoms with Gasteiger partial charge in [-0.2, -0.15) is 0 Å². The Morgan fingerprint density at radius 3 is 3.00 bits per heavy atom. The van der Waals surface area contributed by atoms with Crippen molar-refractivity contribution in [1.29, 1.82) is 0 Å². The van der Waals surface area contributed by atoms with E-state index in [0.29, 0.717) is 0 Å². The molecule has 1 N–H and O–H groups in total. The van der Waals surface area contributed by atoms with Crippen molar-refractivity contribution in [3.63, 3.8) is 0 Å². The molecule has 0 aromatic carbocycles. The van der Waals surface area contributed by atoms with E-state index in [4.69, 9.17) is 0 Å². The maximum absolute atomic E-state index is 3.33. The topological polar surface area (TPSA) is 12.0 Å². The Bertz CT molecular complexity index is 170. The third-order valence-corrected chi connectivity index (χ3v) is 1.77. The van der Waals surface area contributed by atoms with E-state index in [-0.39, 0.29) is 0 Å². The van der Waals surface area contributed by atoms with Crippen molar-refractivity contribution in [2.24, 2.45) is 0 Å². The second-order valence-corrected chi connectivity index (χ2v) is 2.50. The second kappa shape index (κ2) is 3.50. The summed E-state index contributed by atoms with van der Waals surface area (Å²) in [6, 6.07) is 0. The maximum atomic E-state index is 3.33. The first kappa shape index (κ1) is 7.45. The summed E-state index contributed by atoms with van der Waals surface area (Å²) in [7, 11) is 2.12. The Kier molecular flexibility index (Phi) is 2.61. The first-order valence-corrected chi connectivity index (χ1v) is 3.75. The van der Waals surface area contributed by atoms with Crippen LogP contribution in [0.25, 0.3) is 0 Å². The monoisotopic (exact) mass is 134 g/mol. The molecule has 1 nitrogen and oxygen atoms in total. The quantitative estimate of drug-likeness (QED) is 0.536. The van der Waals surface area contributed by atoms with Gasteiger partial charge < -0.3 is 5.32 Å². The van der Waals surface area contributed by atoms with Gasteiger partial charge in [0.05, 0.1) is 0 Å². The lowest BCUT2D eigenvalue weighted by Gasteiger charge is -2.13. The van der Waals surface area contributed by atoms with Crippen LogP contribution in [0.15, 0.2) is 23.3 Å². The van der Waals surface area contributed by atoms with Gasteiger partial charge in [-0.1, -0.05) is 25.3 Å². The first-order valence-electron chi connectivity index (χ1n) is 3.75. The molecule has 2 heteroatoms. The average molecular weight is 134 g/mol. The summed E-state index contributed by atoms with van der Waals surface area (Å²) in [4.78, 5) is 0. The lowest BCUT2D eigenvalue weighted by atomic mass is 9.72. The Labute approximate surface area is 63.4 Å². The van der Waals surface area contributed by atoms with Gasteiger partial charge in [-0.15, -0.1) is 0 Å². The molecule has 0 aliphatic carbocycles. The molecule has 0 aromatic heterocycles. The van der Waals surface area contributed by atoms with Gasteiger partial charge in [-0.25, -0.2) is 0 Å². The van der Waals surface area contributed by atoms with Crippen molar-refractivity contribution in [2.45, 2.75) is 20.2 Å². The minimum Gasteiger partial charge on any atom is -0.385 e. The van der Waals surface area contributed by atoms with Crippen molar-refractivity contribution in [2.75, 3.05) is 6.54 Å². The van der Waals surface area contributed by atoms with Crippen molar-refractivity contribution < 1.29 is 0 Å². The summed E-state index contributed by atoms with van der Waals surface area (Å²) < 4.78 is 0. The predicted molar refractivity (Wildman–Crippen MR) is 46.1 cm³/mol. The molecule has 0 aromatic rings. The van der Waals surface area contributed by atoms with E-state index >= 15 is 0 Å². The SMILES string of the molecule is C[B]C(C)=C1C=CCCN1. The summed E-state index contributed by atoms with van der Waals surface area (Å²) >= 11 is 0. The van der Waals surface area contributed by atoms with Crippen LogP contribution in [0.1, 0.15) is 13.3 Å². The van der Waals surface area contributed by atoms with E-state index in [1.165, 1.54) is 11.2 Å². The van der Waals surface area contributed by atoms with Gasteiger partial charge in [0.15, 0.2) is 0 Å². The third kappa shape index (κ3) is 1.66. The van der Waals surface area contributed by atoms with Gasteiger partial charge in [0.2, 0.25) is 0 Å². The number of hydrogen-bond acceptors (Lipinski definition) is 1. The van der Waals surface area contributed by atoms with E-state index in [0.717, 1.165) is 13.0 Å². The summed E-state index contributed by atoms with van der Waals surface area (Å²) in [6.45, 7) is 5.27. The normalized spacial score (nSPS) is 21.8. The highest BCUT2D eigenvalue weighted by molar-refractivity contribution is 6.43. The van der Waals surface area contributed by atoms with Gasteiger partial charge in [0.1, 0.15) is 7.28 Å². The zero-order valence-corrected chi connectivity index (χ0v) is 6.65. The van der Waals surface area contributed by atoms with Gasteiger partial charge in [-0.3, -0.25) is 0 Å². The van der Waals surface area contributed by atoms with Gasteiger partial charge in [0.25, 0.3) is 0 Å². The molecule has 0 saturated heterocycles. The fourth-order valence-electron chi connectivity index (χ4n) is 0.977. The molecule has 0 saturated carbocycles. The summed E-state index contributed by atoms with van der Waals surface area (Å²) in [5.74, 6) is 0. The van der Waals surface area contributed by atoms with Crippen molar-refractivity contribution in [1.82, 2.24) is 5.32 Å². The number of allylic oxidation sites excluding steroid dienone is 2. The van der Waals surface area contributed by atoms with Crippen molar-refractivity contribution >= 4 is 7.28 Å². The molecule has 0 fully saturated rings. The molecule has 0 atom stereocenters. The number of hydrogen-bond donors (Lipinski definition) is 1. The zero-order valence-electron chi connectivity index (χ0n) is 6.65. The summed E-state index contributed by atoms with van der Waals surface area (Å²) in [5.41, 5.74) is 2.60. The van der Waals surface area contributed by atoms with Crippen LogP contribution in [-0.2, 0) is 0 Å².